The summed E-state index contributed by atoms with van der Waals surface area (Å²) < 4.78 is 11.0. The second-order valence-electron chi connectivity index (χ2n) is 4.69. The van der Waals surface area contributed by atoms with Gasteiger partial charge in [-0.2, -0.15) is 0 Å². The maximum absolute atomic E-state index is 5.49. The molecule has 1 aromatic carbocycles. The number of hydrogen-bond donors (Lipinski definition) is 1. The molecule has 1 fully saturated rings. The van der Waals surface area contributed by atoms with E-state index < -0.39 is 0 Å². The lowest BCUT2D eigenvalue weighted by Crippen LogP contribution is -2.47. The largest absolute Gasteiger partial charge is 0.496 e. The van der Waals surface area contributed by atoms with Crippen LogP contribution in [0.1, 0.15) is 18.5 Å². The average Bonchev–Trinajstić information content (AvgIpc) is 2.48. The molecule has 1 aliphatic heterocycles. The van der Waals surface area contributed by atoms with E-state index in [2.05, 4.69) is 22.3 Å². The van der Waals surface area contributed by atoms with Crippen molar-refractivity contribution in [2.24, 2.45) is 0 Å². The van der Waals surface area contributed by atoms with Gasteiger partial charge in [0.05, 0.1) is 19.8 Å². The van der Waals surface area contributed by atoms with Crippen LogP contribution in [0.5, 0.6) is 5.75 Å². The molecule has 0 amide bonds. The first-order valence-electron chi connectivity index (χ1n) is 7.02. The van der Waals surface area contributed by atoms with Crippen molar-refractivity contribution in [1.29, 1.82) is 0 Å². The maximum atomic E-state index is 5.49. The van der Waals surface area contributed by atoms with Gasteiger partial charge in [-0.1, -0.05) is 18.2 Å². The van der Waals surface area contributed by atoms with Crippen LogP contribution in [0.2, 0.25) is 0 Å². The molecule has 1 atom stereocenters. The van der Waals surface area contributed by atoms with Gasteiger partial charge < -0.3 is 14.8 Å². The molecule has 2 rings (SSSR count). The summed E-state index contributed by atoms with van der Waals surface area (Å²) in [5.41, 5.74) is 1.26. The van der Waals surface area contributed by atoms with Crippen molar-refractivity contribution in [1.82, 2.24) is 10.2 Å². The second kappa shape index (κ2) is 9.19. The molecule has 5 heteroatoms. The van der Waals surface area contributed by atoms with E-state index >= 15 is 0 Å². The van der Waals surface area contributed by atoms with Gasteiger partial charge in [-0.05, 0) is 13.0 Å². The van der Waals surface area contributed by atoms with Crippen molar-refractivity contribution in [3.8, 4) is 5.75 Å². The lowest BCUT2D eigenvalue weighted by Gasteiger charge is -2.36. The van der Waals surface area contributed by atoms with Crippen molar-refractivity contribution in [2.45, 2.75) is 13.0 Å². The Hall–Kier alpha value is -0.810. The van der Waals surface area contributed by atoms with Crippen LogP contribution in [-0.2, 0) is 4.74 Å². The van der Waals surface area contributed by atoms with Crippen molar-refractivity contribution < 1.29 is 9.47 Å². The third-order valence-corrected chi connectivity index (χ3v) is 3.58. The molecule has 4 nitrogen and oxygen atoms in total. The predicted molar refractivity (Wildman–Crippen MR) is 83.9 cm³/mol. The Morgan fingerprint density at radius 3 is 2.90 bits per heavy atom. The first-order valence-corrected chi connectivity index (χ1v) is 7.02. The highest BCUT2D eigenvalue weighted by Crippen LogP contribution is 2.29. The van der Waals surface area contributed by atoms with E-state index in [0.29, 0.717) is 6.04 Å². The molecule has 0 aromatic heterocycles. The number of piperazine rings is 1. The molecule has 1 saturated heterocycles. The molecular weight excluding hydrogens is 276 g/mol. The van der Waals surface area contributed by atoms with E-state index in [9.17, 15) is 0 Å². The fourth-order valence-corrected chi connectivity index (χ4v) is 2.59. The van der Waals surface area contributed by atoms with Crippen LogP contribution >= 0.6 is 12.4 Å². The Bertz CT molecular complexity index is 390. The molecule has 1 aromatic rings. The molecule has 114 valence electrons. The van der Waals surface area contributed by atoms with Gasteiger partial charge in [0, 0.05) is 38.3 Å². The van der Waals surface area contributed by atoms with Crippen LogP contribution in [0.3, 0.4) is 0 Å². The normalized spacial score (nSPS) is 19.4. The topological polar surface area (TPSA) is 33.7 Å². The fraction of sp³-hybridized carbons (Fsp3) is 0.600. The van der Waals surface area contributed by atoms with Gasteiger partial charge in [-0.15, -0.1) is 12.4 Å². The Kier molecular flexibility index (Phi) is 7.92. The van der Waals surface area contributed by atoms with Crippen LogP contribution in [0.4, 0.5) is 0 Å². The van der Waals surface area contributed by atoms with Gasteiger partial charge >= 0.3 is 0 Å². The summed E-state index contributed by atoms with van der Waals surface area (Å²) in [6.45, 7) is 7.64. The zero-order chi connectivity index (χ0) is 13.5. The minimum atomic E-state index is 0. The minimum Gasteiger partial charge on any atom is -0.496 e. The first-order chi connectivity index (χ1) is 9.36. The molecule has 0 spiro atoms. The zero-order valence-electron chi connectivity index (χ0n) is 12.3. The maximum Gasteiger partial charge on any atom is 0.123 e. The van der Waals surface area contributed by atoms with Crippen LogP contribution in [0.25, 0.3) is 0 Å². The van der Waals surface area contributed by atoms with Crippen LogP contribution in [-0.4, -0.2) is 51.4 Å². The van der Waals surface area contributed by atoms with Crippen molar-refractivity contribution in [3.05, 3.63) is 29.8 Å². The zero-order valence-corrected chi connectivity index (χ0v) is 13.1. The highest BCUT2D eigenvalue weighted by Gasteiger charge is 2.25. The number of benzene rings is 1. The fourth-order valence-electron chi connectivity index (χ4n) is 2.59. The lowest BCUT2D eigenvalue weighted by molar-refractivity contribution is 0.0821. The van der Waals surface area contributed by atoms with E-state index in [1.54, 1.807) is 7.11 Å². The first kappa shape index (κ1) is 17.2. The summed E-state index contributed by atoms with van der Waals surface area (Å²) in [4.78, 5) is 2.48. The van der Waals surface area contributed by atoms with Gasteiger partial charge in [-0.25, -0.2) is 0 Å². The average molecular weight is 301 g/mol. The smallest absolute Gasteiger partial charge is 0.123 e. The Morgan fingerprint density at radius 2 is 2.15 bits per heavy atom. The monoisotopic (exact) mass is 300 g/mol. The summed E-state index contributed by atoms with van der Waals surface area (Å²) in [5, 5.41) is 3.47. The Morgan fingerprint density at radius 1 is 1.35 bits per heavy atom. The molecule has 1 heterocycles. The number of methoxy groups -OCH3 is 1. The number of para-hydroxylation sites is 1. The summed E-state index contributed by atoms with van der Waals surface area (Å²) in [6, 6.07) is 8.65. The van der Waals surface area contributed by atoms with Gasteiger partial charge in [0.15, 0.2) is 0 Å². The summed E-state index contributed by atoms with van der Waals surface area (Å²) in [6.07, 6.45) is 0. The van der Waals surface area contributed by atoms with Gasteiger partial charge in [0.2, 0.25) is 0 Å². The highest BCUT2D eigenvalue weighted by molar-refractivity contribution is 5.85. The molecular formula is C15H25ClN2O2. The molecule has 20 heavy (non-hydrogen) atoms. The molecule has 0 bridgehead atoms. The van der Waals surface area contributed by atoms with Crippen LogP contribution < -0.4 is 10.1 Å². The minimum absolute atomic E-state index is 0. The number of rotatable bonds is 6. The van der Waals surface area contributed by atoms with E-state index in [4.69, 9.17) is 9.47 Å². The molecule has 1 unspecified atom stereocenters. The third kappa shape index (κ3) is 4.35. The Labute approximate surface area is 127 Å². The second-order valence-corrected chi connectivity index (χ2v) is 4.69. The van der Waals surface area contributed by atoms with Gasteiger partial charge in [0.1, 0.15) is 5.75 Å². The van der Waals surface area contributed by atoms with Crippen molar-refractivity contribution in [3.63, 3.8) is 0 Å². The lowest BCUT2D eigenvalue weighted by atomic mass is 10.0. The number of ether oxygens (including phenoxy) is 2. The number of nitrogens with zero attached hydrogens (tertiary/aromatic N) is 1. The molecule has 0 aliphatic carbocycles. The molecule has 0 saturated carbocycles. The van der Waals surface area contributed by atoms with E-state index in [1.165, 1.54) is 5.56 Å². The summed E-state index contributed by atoms with van der Waals surface area (Å²) in [5.74, 6) is 0.970. The van der Waals surface area contributed by atoms with E-state index in [0.717, 1.165) is 45.1 Å². The third-order valence-electron chi connectivity index (χ3n) is 3.58. The van der Waals surface area contributed by atoms with Crippen LogP contribution in [0, 0.1) is 0 Å². The molecule has 0 radical (unpaired) electrons. The SMILES string of the molecule is CCOCCN1CCNCC1c1ccccc1OC.Cl. The highest BCUT2D eigenvalue weighted by atomic mass is 35.5. The molecule has 1 N–H and O–H groups in total. The van der Waals surface area contributed by atoms with Gasteiger partial charge in [-0.3, -0.25) is 4.90 Å². The van der Waals surface area contributed by atoms with Gasteiger partial charge in [0.25, 0.3) is 0 Å². The summed E-state index contributed by atoms with van der Waals surface area (Å²) >= 11 is 0. The number of nitrogens with one attached hydrogen (secondary N) is 1. The van der Waals surface area contributed by atoms with Crippen LogP contribution in [0.15, 0.2) is 24.3 Å². The Balaban J connectivity index is 0.00000200. The van der Waals surface area contributed by atoms with E-state index in [1.807, 2.05) is 19.1 Å². The predicted octanol–water partition coefficient (Wildman–Crippen LogP) is 2.10. The quantitative estimate of drug-likeness (QED) is 0.816. The number of halogens is 1. The van der Waals surface area contributed by atoms with Crippen molar-refractivity contribution in [2.75, 3.05) is 46.5 Å². The van der Waals surface area contributed by atoms with E-state index in [-0.39, 0.29) is 12.4 Å². The number of hydrogen-bond acceptors (Lipinski definition) is 4. The summed E-state index contributed by atoms with van der Waals surface area (Å²) in [7, 11) is 1.74. The van der Waals surface area contributed by atoms with Crippen molar-refractivity contribution >= 4 is 12.4 Å². The molecule has 1 aliphatic rings. The standard InChI is InChI=1S/C15H24N2O2.ClH/c1-3-19-11-10-17-9-8-16-12-14(17)13-6-4-5-7-15(13)18-2;/h4-7,14,16H,3,8-12H2,1-2H3;1H.